The first-order valence-corrected chi connectivity index (χ1v) is 13.0. The molecule has 32 heavy (non-hydrogen) atoms. The zero-order valence-corrected chi connectivity index (χ0v) is 21.5. The van der Waals surface area contributed by atoms with Gasteiger partial charge in [0, 0.05) is 27.2 Å². The minimum absolute atomic E-state index is 0.0907. The highest BCUT2D eigenvalue weighted by Gasteiger charge is 2.57. The topological polar surface area (TPSA) is 68.8 Å². The van der Waals surface area contributed by atoms with Crippen LogP contribution in [0.25, 0.3) is 0 Å². The number of fused-ring (bicyclic) bond motifs is 4. The van der Waals surface area contributed by atoms with Gasteiger partial charge in [-0.1, -0.05) is 62.4 Å². The Hall–Kier alpha value is -1.49. The van der Waals surface area contributed by atoms with Crippen LogP contribution in [0.15, 0.2) is 24.3 Å². The molecule has 2 N–H and O–H groups in total. The summed E-state index contributed by atoms with van der Waals surface area (Å²) in [5.74, 6) is 0.275. The molecule has 0 radical (unpaired) electrons. The summed E-state index contributed by atoms with van der Waals surface area (Å²) in [6.07, 6.45) is 4.63. The summed E-state index contributed by atoms with van der Waals surface area (Å²) in [7, 11) is 0. The average molecular weight is 543 g/mol. The number of benzene rings is 1. The van der Waals surface area contributed by atoms with E-state index in [1.165, 1.54) is 11.1 Å². The van der Waals surface area contributed by atoms with E-state index in [1.54, 1.807) is 0 Å². The van der Waals surface area contributed by atoms with Gasteiger partial charge < -0.3 is 9.84 Å². The summed E-state index contributed by atoms with van der Waals surface area (Å²) in [5.41, 5.74) is 7.42. The molecular weight excluding hydrogens is 511 g/mol. The minimum Gasteiger partial charge on any atom is -0.440 e. The maximum Gasteiger partial charge on any atom is 0.182 e. The summed E-state index contributed by atoms with van der Waals surface area (Å²) in [5, 5.41) is 18.4. The minimum atomic E-state index is -0.341. The lowest BCUT2D eigenvalue weighted by atomic mass is 9.70. The van der Waals surface area contributed by atoms with Crippen LogP contribution in [-0.2, 0) is 16.8 Å². The van der Waals surface area contributed by atoms with E-state index in [1.807, 2.05) is 24.3 Å². The Bertz CT molecular complexity index is 1100. The Balaban J connectivity index is 1.80. The van der Waals surface area contributed by atoms with E-state index in [4.69, 9.17) is 14.8 Å². The van der Waals surface area contributed by atoms with Gasteiger partial charge in [0.1, 0.15) is 11.7 Å². The first kappa shape index (κ1) is 22.3. The molecule has 5 heteroatoms. The van der Waals surface area contributed by atoms with Gasteiger partial charge in [0.25, 0.3) is 0 Å². The predicted octanol–water partition coefficient (Wildman–Crippen LogP) is 6.12. The monoisotopic (exact) mass is 543 g/mol. The molecule has 0 bridgehead atoms. The van der Waals surface area contributed by atoms with Gasteiger partial charge in [0.05, 0.1) is 22.9 Å². The smallest absolute Gasteiger partial charge is 0.182 e. The van der Waals surface area contributed by atoms with E-state index in [0.29, 0.717) is 9.49 Å². The Labute approximate surface area is 204 Å². The largest absolute Gasteiger partial charge is 0.440 e. The first-order valence-electron chi connectivity index (χ1n) is 11.8. The molecule has 1 aromatic carbocycles. The molecule has 2 unspecified atom stereocenters. The molecule has 0 saturated heterocycles. The van der Waals surface area contributed by atoms with E-state index in [9.17, 15) is 5.26 Å². The highest BCUT2D eigenvalue weighted by molar-refractivity contribution is 14.1. The number of nitrogens with zero attached hydrogens (tertiary/aromatic N) is 2. The lowest BCUT2D eigenvalue weighted by molar-refractivity contribution is -0.0516. The Morgan fingerprint density at radius 3 is 2.53 bits per heavy atom. The molecule has 0 amide bonds. The van der Waals surface area contributed by atoms with Gasteiger partial charge in [-0.15, -0.1) is 0 Å². The molecule has 2 aliphatic carbocycles. The van der Waals surface area contributed by atoms with E-state index < -0.39 is 0 Å². The fraction of sp³-hybridized carbons (Fsp3) is 0.556. The van der Waals surface area contributed by atoms with Crippen LogP contribution in [0.1, 0.15) is 111 Å². The number of aromatic nitrogens is 1. The van der Waals surface area contributed by atoms with E-state index in [0.717, 1.165) is 54.6 Å². The second-order valence-corrected chi connectivity index (χ2v) is 12.4. The van der Waals surface area contributed by atoms with Crippen molar-refractivity contribution in [2.24, 2.45) is 5.41 Å². The summed E-state index contributed by atoms with van der Waals surface area (Å²) >= 11 is 2.59. The number of ether oxygens (including phenoxy) is 1. The number of alkyl halides is 1. The average Bonchev–Trinajstić information content (AvgIpc) is 3.27. The standard InChI is InChI=1S/C27H31IN2O2/c1-15(2)24-22-23(21-18(30-24)12-26(3,4)13-19(21)31)27(11-5-6-20(27)28)32-25(22)17-9-7-16(14-29)8-10-17/h7-10,15,19-20,25,31H,5-6,11-13H2,1-4H3/p+1/t19-,20?,25+,27?/m0/s1. The van der Waals surface area contributed by atoms with Crippen molar-refractivity contribution in [3.05, 3.63) is 63.5 Å². The van der Waals surface area contributed by atoms with Crippen molar-refractivity contribution in [2.45, 2.75) is 87.5 Å². The number of hydrogen-bond donors (Lipinski definition) is 0. The van der Waals surface area contributed by atoms with Crippen LogP contribution >= 0.6 is 22.6 Å². The van der Waals surface area contributed by atoms with Crippen LogP contribution in [0.2, 0.25) is 0 Å². The van der Waals surface area contributed by atoms with Gasteiger partial charge in [-0.05, 0) is 54.7 Å². The molecule has 2 aromatic rings. The van der Waals surface area contributed by atoms with Crippen LogP contribution in [0, 0.1) is 16.7 Å². The molecule has 4 atom stereocenters. The highest BCUT2D eigenvalue weighted by Crippen LogP contribution is 2.61. The van der Waals surface area contributed by atoms with Gasteiger partial charge in [0.15, 0.2) is 6.10 Å². The van der Waals surface area contributed by atoms with Crippen molar-refractivity contribution in [3.8, 4) is 6.07 Å². The Kier molecular flexibility index (Phi) is 5.43. The number of rotatable bonds is 2. The number of nitriles is 1. The molecule has 1 spiro atoms. The van der Waals surface area contributed by atoms with Crippen LogP contribution in [0.5, 0.6) is 0 Å². The van der Waals surface area contributed by atoms with Gasteiger partial charge in [-0.3, -0.25) is 4.98 Å². The number of hydrogen-bond acceptors (Lipinski definition) is 3. The fourth-order valence-electron chi connectivity index (χ4n) is 6.18. The maximum absolute atomic E-state index is 9.26. The third kappa shape index (κ3) is 3.33. The Morgan fingerprint density at radius 2 is 1.94 bits per heavy atom. The number of pyridine rings is 1. The summed E-state index contributed by atoms with van der Waals surface area (Å²) < 4.78 is 7.48. The third-order valence-corrected chi connectivity index (χ3v) is 9.18. The van der Waals surface area contributed by atoms with E-state index in [2.05, 4.69) is 56.4 Å². The summed E-state index contributed by atoms with van der Waals surface area (Å²) in [6, 6.07) is 10.1. The third-order valence-electron chi connectivity index (χ3n) is 7.55. The van der Waals surface area contributed by atoms with Crippen molar-refractivity contribution in [3.63, 3.8) is 0 Å². The first-order chi connectivity index (χ1) is 15.2. The lowest BCUT2D eigenvalue weighted by Crippen LogP contribution is -2.35. The van der Waals surface area contributed by atoms with Gasteiger partial charge >= 0.3 is 0 Å². The van der Waals surface area contributed by atoms with Gasteiger partial charge in [-0.25, -0.2) is 0 Å². The predicted molar refractivity (Wildman–Crippen MR) is 134 cm³/mol. The molecular formula is C27H32IN2O2+. The zero-order chi connectivity index (χ0) is 22.8. The molecule has 2 heterocycles. The lowest BCUT2D eigenvalue weighted by Gasteiger charge is -2.37. The summed E-state index contributed by atoms with van der Waals surface area (Å²) in [4.78, 5) is 5.26. The highest BCUT2D eigenvalue weighted by atomic mass is 127. The molecule has 4 nitrogen and oxygen atoms in total. The second-order valence-electron chi connectivity index (χ2n) is 10.9. The molecule has 3 aliphatic rings. The van der Waals surface area contributed by atoms with Crippen LogP contribution in [-0.4, -0.2) is 14.0 Å². The molecule has 1 aromatic heterocycles. The second kappa shape index (κ2) is 7.78. The van der Waals surface area contributed by atoms with Crippen molar-refractivity contribution in [2.75, 3.05) is 0 Å². The molecule has 1 saturated carbocycles. The van der Waals surface area contributed by atoms with Gasteiger partial charge in [-0.2, -0.15) is 5.26 Å². The van der Waals surface area contributed by atoms with Crippen molar-refractivity contribution in [1.82, 2.24) is 4.98 Å². The quantitative estimate of drug-likeness (QED) is 0.261. The van der Waals surface area contributed by atoms with E-state index in [-0.39, 0.29) is 29.1 Å². The van der Waals surface area contributed by atoms with Crippen LogP contribution in [0.4, 0.5) is 0 Å². The van der Waals surface area contributed by atoms with Crippen LogP contribution < -0.4 is 0 Å². The maximum atomic E-state index is 9.26. The zero-order valence-electron chi connectivity index (χ0n) is 19.3. The molecule has 1 fully saturated rings. The number of halogens is 1. The van der Waals surface area contributed by atoms with Crippen molar-refractivity contribution >= 4 is 22.6 Å². The van der Waals surface area contributed by atoms with Gasteiger partial charge in [0.2, 0.25) is 0 Å². The summed E-state index contributed by atoms with van der Waals surface area (Å²) in [6.45, 7) is 8.98. The molecule has 168 valence electrons. The van der Waals surface area contributed by atoms with E-state index >= 15 is 0 Å². The molecule has 5 rings (SSSR count). The molecule has 1 aliphatic heterocycles. The normalized spacial score (nSPS) is 30.4. The Morgan fingerprint density at radius 1 is 1.22 bits per heavy atom. The van der Waals surface area contributed by atoms with Crippen LogP contribution in [0.3, 0.4) is 0 Å². The van der Waals surface area contributed by atoms with Crippen molar-refractivity contribution in [1.29, 1.82) is 5.26 Å². The SMILES string of the molecule is CC(C)c1nc2c(c3c1[C@@H](c1ccc(C#N)cc1)OC31CCCC1I)[C@@H]([OH2+])CC(C)(C)C2. The van der Waals surface area contributed by atoms with Crippen molar-refractivity contribution < 1.29 is 9.84 Å². The fourth-order valence-corrected chi connectivity index (χ4v) is 7.39.